The van der Waals surface area contributed by atoms with E-state index in [1.54, 1.807) is 19.2 Å². The number of hydrogen-bond donors (Lipinski definition) is 1. The summed E-state index contributed by atoms with van der Waals surface area (Å²) in [5.74, 6) is -0.197. The van der Waals surface area contributed by atoms with Gasteiger partial charge in [-0.1, -0.05) is 11.6 Å². The molecule has 0 spiro atoms. The maximum Gasteiger partial charge on any atom is 0.303 e. The van der Waals surface area contributed by atoms with Gasteiger partial charge in [0.05, 0.1) is 11.6 Å². The lowest BCUT2D eigenvalue weighted by Crippen LogP contribution is -1.98. The van der Waals surface area contributed by atoms with Crippen molar-refractivity contribution >= 4 is 33.5 Å². The zero-order valence-electron chi connectivity index (χ0n) is 8.09. The van der Waals surface area contributed by atoms with Crippen LogP contribution in [0.5, 0.6) is 5.75 Å². The number of carboxylic acids is 1. The first-order chi connectivity index (χ1) is 7.04. The molecule has 1 N–H and O–H groups in total. The van der Waals surface area contributed by atoms with Crippen LogP contribution in [-0.2, 0) is 11.2 Å². The van der Waals surface area contributed by atoms with Gasteiger partial charge >= 0.3 is 5.97 Å². The van der Waals surface area contributed by atoms with Gasteiger partial charge in [0.1, 0.15) is 5.75 Å². The number of hydrogen-bond acceptors (Lipinski definition) is 2. The smallest absolute Gasteiger partial charge is 0.303 e. The lowest BCUT2D eigenvalue weighted by molar-refractivity contribution is -0.136. The molecule has 0 fully saturated rings. The van der Waals surface area contributed by atoms with Crippen molar-refractivity contribution in [1.29, 1.82) is 0 Å². The lowest BCUT2D eigenvalue weighted by Gasteiger charge is -2.08. The highest BCUT2D eigenvalue weighted by Gasteiger charge is 2.08. The molecular weight excluding hydrogens is 283 g/mol. The first kappa shape index (κ1) is 12.3. The van der Waals surface area contributed by atoms with Gasteiger partial charge in [-0.05, 0) is 34.0 Å². The first-order valence-electron chi connectivity index (χ1n) is 4.28. The molecule has 0 amide bonds. The molecule has 0 aliphatic heterocycles. The summed E-state index contributed by atoms with van der Waals surface area (Å²) in [6, 6.07) is 3.45. The van der Waals surface area contributed by atoms with Crippen LogP contribution in [0.25, 0.3) is 0 Å². The summed E-state index contributed by atoms with van der Waals surface area (Å²) in [5, 5.41) is 9.08. The minimum atomic E-state index is -0.835. The Labute approximate surface area is 101 Å². The third-order valence-corrected chi connectivity index (χ3v) is 2.90. The van der Waals surface area contributed by atoms with Gasteiger partial charge in [-0.15, -0.1) is 0 Å². The van der Waals surface area contributed by atoms with Crippen LogP contribution < -0.4 is 4.74 Å². The van der Waals surface area contributed by atoms with Gasteiger partial charge < -0.3 is 9.84 Å². The van der Waals surface area contributed by atoms with Crippen LogP contribution in [0, 0.1) is 0 Å². The number of methoxy groups -OCH3 is 1. The standard InChI is InChI=1S/C10H10BrClO3/c1-15-9-5-8(12)6(4-7(9)11)2-3-10(13)14/h4-5H,2-3H2,1H3,(H,13,14). The molecule has 0 radical (unpaired) electrons. The summed E-state index contributed by atoms with van der Waals surface area (Å²) in [6.07, 6.45) is 0.481. The number of aryl methyl sites for hydroxylation is 1. The highest BCUT2D eigenvalue weighted by Crippen LogP contribution is 2.31. The molecule has 15 heavy (non-hydrogen) atoms. The normalized spacial score (nSPS) is 10.1. The maximum absolute atomic E-state index is 10.4. The van der Waals surface area contributed by atoms with E-state index in [0.29, 0.717) is 17.2 Å². The summed E-state index contributed by atoms with van der Waals surface area (Å²) in [7, 11) is 1.55. The minimum absolute atomic E-state index is 0.0679. The van der Waals surface area contributed by atoms with Crippen LogP contribution in [0.4, 0.5) is 0 Å². The molecule has 1 aromatic carbocycles. The van der Waals surface area contributed by atoms with E-state index in [2.05, 4.69) is 15.9 Å². The number of carbonyl (C=O) groups is 1. The van der Waals surface area contributed by atoms with Crippen LogP contribution >= 0.6 is 27.5 Å². The van der Waals surface area contributed by atoms with E-state index in [4.69, 9.17) is 21.4 Å². The summed E-state index contributed by atoms with van der Waals surface area (Å²) in [4.78, 5) is 10.4. The van der Waals surface area contributed by atoms with Crippen molar-refractivity contribution in [3.8, 4) is 5.75 Å². The predicted molar refractivity (Wildman–Crippen MR) is 61.7 cm³/mol. The van der Waals surface area contributed by atoms with Gasteiger partial charge in [-0.2, -0.15) is 0 Å². The molecular formula is C10H10BrClO3. The molecule has 0 heterocycles. The van der Waals surface area contributed by atoms with E-state index in [1.165, 1.54) is 0 Å². The van der Waals surface area contributed by atoms with Gasteiger partial charge in [0.25, 0.3) is 0 Å². The monoisotopic (exact) mass is 292 g/mol. The molecule has 0 aromatic heterocycles. The molecule has 0 atom stereocenters. The Morgan fingerprint density at radius 3 is 2.80 bits per heavy atom. The molecule has 1 aromatic rings. The third-order valence-electron chi connectivity index (χ3n) is 1.93. The fraction of sp³-hybridized carbons (Fsp3) is 0.300. The minimum Gasteiger partial charge on any atom is -0.496 e. The van der Waals surface area contributed by atoms with Gasteiger partial charge in [-0.25, -0.2) is 0 Å². The second-order valence-corrected chi connectivity index (χ2v) is 4.23. The van der Waals surface area contributed by atoms with E-state index < -0.39 is 5.97 Å². The predicted octanol–water partition coefficient (Wildman–Crippen LogP) is 3.13. The summed E-state index contributed by atoms with van der Waals surface area (Å²) >= 11 is 9.29. The Bertz CT molecular complexity index is 379. The Kier molecular flexibility index (Phi) is 4.42. The number of halogens is 2. The zero-order valence-corrected chi connectivity index (χ0v) is 10.4. The summed E-state index contributed by atoms with van der Waals surface area (Å²) < 4.78 is 5.83. The fourth-order valence-corrected chi connectivity index (χ4v) is 1.96. The van der Waals surface area contributed by atoms with E-state index in [-0.39, 0.29) is 6.42 Å². The van der Waals surface area contributed by atoms with E-state index in [0.717, 1.165) is 10.0 Å². The molecule has 82 valence electrons. The highest BCUT2D eigenvalue weighted by atomic mass is 79.9. The number of rotatable bonds is 4. The Balaban J connectivity index is 2.90. The average Bonchev–Trinajstić information content (AvgIpc) is 2.18. The van der Waals surface area contributed by atoms with Crippen molar-refractivity contribution in [3.63, 3.8) is 0 Å². The van der Waals surface area contributed by atoms with E-state index >= 15 is 0 Å². The largest absolute Gasteiger partial charge is 0.496 e. The number of aliphatic carboxylic acids is 1. The van der Waals surface area contributed by atoms with E-state index in [9.17, 15) is 4.79 Å². The average molecular weight is 294 g/mol. The number of benzene rings is 1. The van der Waals surface area contributed by atoms with Gasteiger partial charge in [-0.3, -0.25) is 4.79 Å². The second kappa shape index (κ2) is 5.37. The van der Waals surface area contributed by atoms with Crippen molar-refractivity contribution in [1.82, 2.24) is 0 Å². The van der Waals surface area contributed by atoms with Crippen LogP contribution in [0.2, 0.25) is 5.02 Å². The van der Waals surface area contributed by atoms with Crippen molar-refractivity contribution < 1.29 is 14.6 Å². The molecule has 0 unspecified atom stereocenters. The molecule has 3 nitrogen and oxygen atoms in total. The number of ether oxygens (including phenoxy) is 1. The Hall–Kier alpha value is -0.740. The molecule has 0 saturated heterocycles. The topological polar surface area (TPSA) is 46.5 Å². The Morgan fingerprint density at radius 2 is 2.27 bits per heavy atom. The second-order valence-electron chi connectivity index (χ2n) is 2.97. The number of carboxylic acid groups (broad SMARTS) is 1. The van der Waals surface area contributed by atoms with E-state index in [1.807, 2.05) is 0 Å². The quantitative estimate of drug-likeness (QED) is 0.928. The Morgan fingerprint density at radius 1 is 1.60 bits per heavy atom. The van der Waals surface area contributed by atoms with Crippen molar-refractivity contribution in [2.45, 2.75) is 12.8 Å². The zero-order chi connectivity index (χ0) is 11.4. The van der Waals surface area contributed by atoms with Crippen LogP contribution in [-0.4, -0.2) is 18.2 Å². The highest BCUT2D eigenvalue weighted by molar-refractivity contribution is 9.10. The van der Waals surface area contributed by atoms with Gasteiger partial charge in [0, 0.05) is 17.5 Å². The van der Waals surface area contributed by atoms with Gasteiger partial charge in [0.2, 0.25) is 0 Å². The van der Waals surface area contributed by atoms with Crippen molar-refractivity contribution in [3.05, 3.63) is 27.2 Å². The molecule has 1 rings (SSSR count). The van der Waals surface area contributed by atoms with Crippen LogP contribution in [0.3, 0.4) is 0 Å². The molecule has 0 aliphatic rings. The molecule has 0 bridgehead atoms. The first-order valence-corrected chi connectivity index (χ1v) is 5.45. The SMILES string of the molecule is COc1cc(Cl)c(CCC(=O)O)cc1Br. The van der Waals surface area contributed by atoms with Gasteiger partial charge in [0.15, 0.2) is 0 Å². The fourth-order valence-electron chi connectivity index (χ4n) is 1.16. The maximum atomic E-state index is 10.4. The molecule has 5 heteroatoms. The lowest BCUT2D eigenvalue weighted by atomic mass is 10.1. The van der Waals surface area contributed by atoms with Crippen molar-refractivity contribution in [2.24, 2.45) is 0 Å². The third kappa shape index (κ3) is 3.39. The molecule has 0 aliphatic carbocycles. The van der Waals surface area contributed by atoms with Crippen LogP contribution in [0.1, 0.15) is 12.0 Å². The summed E-state index contributed by atoms with van der Waals surface area (Å²) in [5.41, 5.74) is 0.798. The summed E-state index contributed by atoms with van der Waals surface area (Å²) in [6.45, 7) is 0. The van der Waals surface area contributed by atoms with Crippen molar-refractivity contribution in [2.75, 3.05) is 7.11 Å². The molecule has 0 saturated carbocycles. The van der Waals surface area contributed by atoms with Crippen LogP contribution in [0.15, 0.2) is 16.6 Å².